The number of hydrogen-bond donors (Lipinski definition) is 0. The van der Waals surface area contributed by atoms with Crippen LogP contribution in [0.15, 0.2) is 0 Å². The van der Waals surface area contributed by atoms with Gasteiger partial charge in [-0.25, -0.2) is 0 Å². The number of Topliss-reactive ketones (excluding diaryl/α,β-unsaturated/α-hetero) is 1. The number of ether oxygens (including phenoxy) is 1. The van der Waals surface area contributed by atoms with Crippen molar-refractivity contribution >= 4 is 5.78 Å². The molecule has 0 amide bonds. The van der Waals surface area contributed by atoms with Gasteiger partial charge in [-0.1, -0.05) is 0 Å². The first-order chi connectivity index (χ1) is 5.79. The zero-order valence-electron chi connectivity index (χ0n) is 7.58. The molecule has 0 aromatic carbocycles. The average molecular weight is 168 g/mol. The first kappa shape index (κ1) is 8.24. The van der Waals surface area contributed by atoms with Crippen molar-refractivity contribution in [1.29, 1.82) is 0 Å². The zero-order chi connectivity index (χ0) is 8.55. The summed E-state index contributed by atoms with van der Waals surface area (Å²) in [6.07, 6.45) is 4.37. The Morgan fingerprint density at radius 2 is 1.92 bits per heavy atom. The van der Waals surface area contributed by atoms with E-state index in [2.05, 4.69) is 0 Å². The van der Waals surface area contributed by atoms with E-state index in [9.17, 15) is 4.79 Å². The first-order valence-corrected chi connectivity index (χ1v) is 4.93. The summed E-state index contributed by atoms with van der Waals surface area (Å²) in [6, 6.07) is 0. The van der Waals surface area contributed by atoms with Crippen molar-refractivity contribution in [3.63, 3.8) is 0 Å². The maximum absolute atomic E-state index is 11.1. The lowest BCUT2D eigenvalue weighted by molar-refractivity contribution is -0.118. The van der Waals surface area contributed by atoms with Gasteiger partial charge in [-0.05, 0) is 31.6 Å². The van der Waals surface area contributed by atoms with Crippen LogP contribution in [0, 0.1) is 11.8 Å². The number of fused-ring (bicyclic) bond motifs is 1. The van der Waals surface area contributed by atoms with Crippen molar-refractivity contribution in [2.45, 2.75) is 38.7 Å². The Labute approximate surface area is 73.3 Å². The lowest BCUT2D eigenvalue weighted by Crippen LogP contribution is -2.09. The van der Waals surface area contributed by atoms with Crippen molar-refractivity contribution in [2.24, 2.45) is 11.8 Å². The second-order valence-corrected chi connectivity index (χ2v) is 4.02. The van der Waals surface area contributed by atoms with Crippen LogP contribution in [0.4, 0.5) is 0 Å². The van der Waals surface area contributed by atoms with Crippen LogP contribution in [-0.2, 0) is 9.53 Å². The predicted molar refractivity (Wildman–Crippen MR) is 45.9 cm³/mol. The third kappa shape index (κ3) is 1.40. The van der Waals surface area contributed by atoms with Crippen molar-refractivity contribution in [3.05, 3.63) is 0 Å². The number of carbonyl (C=O) groups excluding carboxylic acids is 1. The summed E-state index contributed by atoms with van der Waals surface area (Å²) in [6.45, 7) is 2.86. The number of ketones is 1. The lowest BCUT2D eigenvalue weighted by Gasteiger charge is -2.09. The Morgan fingerprint density at radius 1 is 1.33 bits per heavy atom. The van der Waals surface area contributed by atoms with Crippen LogP contribution in [0.25, 0.3) is 0 Å². The fourth-order valence-corrected chi connectivity index (χ4v) is 2.70. The molecule has 2 heteroatoms. The Kier molecular flexibility index (Phi) is 2.18. The van der Waals surface area contributed by atoms with Crippen LogP contribution >= 0.6 is 0 Å². The molecule has 0 saturated heterocycles. The Balaban J connectivity index is 1.89. The maximum atomic E-state index is 11.1. The van der Waals surface area contributed by atoms with Crippen molar-refractivity contribution in [2.75, 3.05) is 6.61 Å². The van der Waals surface area contributed by atoms with Crippen LogP contribution in [0.3, 0.4) is 0 Å². The molecule has 0 aliphatic heterocycles. The molecule has 0 aromatic heterocycles. The van der Waals surface area contributed by atoms with Gasteiger partial charge in [0.15, 0.2) is 0 Å². The second-order valence-electron chi connectivity index (χ2n) is 4.02. The molecule has 1 unspecified atom stereocenters. The van der Waals surface area contributed by atoms with Crippen LogP contribution in [0.5, 0.6) is 0 Å². The van der Waals surface area contributed by atoms with Gasteiger partial charge in [-0.3, -0.25) is 4.79 Å². The van der Waals surface area contributed by atoms with Gasteiger partial charge in [-0.15, -0.1) is 0 Å². The first-order valence-electron chi connectivity index (χ1n) is 4.93. The highest BCUT2D eigenvalue weighted by Crippen LogP contribution is 2.43. The smallest absolute Gasteiger partial charge is 0.133 e. The minimum absolute atomic E-state index is 0.457. The summed E-state index contributed by atoms with van der Waals surface area (Å²) in [7, 11) is 0. The number of rotatable bonds is 2. The molecule has 2 aliphatic carbocycles. The molecule has 2 aliphatic rings. The number of carbonyl (C=O) groups is 1. The standard InChI is InChI=1S/C10H16O2/c1-2-12-10-5-7-3-9(11)4-8(7)6-10/h7-8,10H,2-6H2,1H3/t7-,8+,10?. The van der Waals surface area contributed by atoms with E-state index in [1.165, 1.54) is 0 Å². The van der Waals surface area contributed by atoms with E-state index in [1.54, 1.807) is 0 Å². The SMILES string of the molecule is CCOC1C[C@H]2CC(=O)C[C@H]2C1. The van der Waals surface area contributed by atoms with E-state index in [1.807, 2.05) is 6.92 Å². The fraction of sp³-hybridized carbons (Fsp3) is 0.900. The maximum Gasteiger partial charge on any atom is 0.133 e. The largest absolute Gasteiger partial charge is 0.378 e. The van der Waals surface area contributed by atoms with E-state index in [0.717, 1.165) is 32.3 Å². The van der Waals surface area contributed by atoms with Crippen LogP contribution in [0.1, 0.15) is 32.6 Å². The van der Waals surface area contributed by atoms with E-state index in [-0.39, 0.29) is 0 Å². The summed E-state index contributed by atoms with van der Waals surface area (Å²) >= 11 is 0. The van der Waals surface area contributed by atoms with E-state index in [4.69, 9.17) is 4.74 Å². The molecular weight excluding hydrogens is 152 g/mol. The average Bonchev–Trinajstić information content (AvgIpc) is 2.44. The highest BCUT2D eigenvalue weighted by atomic mass is 16.5. The van der Waals surface area contributed by atoms with Gasteiger partial charge in [0.05, 0.1) is 6.10 Å². The molecule has 0 aromatic rings. The normalized spacial score (nSPS) is 40.4. The van der Waals surface area contributed by atoms with Gasteiger partial charge in [-0.2, -0.15) is 0 Å². The fourth-order valence-electron chi connectivity index (χ4n) is 2.70. The second kappa shape index (κ2) is 3.17. The molecule has 2 rings (SSSR count). The minimum Gasteiger partial charge on any atom is -0.378 e. The van der Waals surface area contributed by atoms with E-state index in [0.29, 0.717) is 23.7 Å². The minimum atomic E-state index is 0.457. The van der Waals surface area contributed by atoms with Gasteiger partial charge < -0.3 is 4.74 Å². The highest BCUT2D eigenvalue weighted by molar-refractivity contribution is 5.81. The molecule has 0 spiro atoms. The summed E-state index contributed by atoms with van der Waals surface area (Å²) < 4.78 is 5.56. The molecule has 12 heavy (non-hydrogen) atoms. The molecule has 0 heterocycles. The van der Waals surface area contributed by atoms with Crippen LogP contribution < -0.4 is 0 Å². The predicted octanol–water partition coefficient (Wildman–Crippen LogP) is 1.78. The highest BCUT2D eigenvalue weighted by Gasteiger charge is 2.41. The quantitative estimate of drug-likeness (QED) is 0.628. The zero-order valence-corrected chi connectivity index (χ0v) is 7.58. The molecule has 0 N–H and O–H groups in total. The summed E-state index contributed by atoms with van der Waals surface area (Å²) in [5.74, 6) is 1.79. The van der Waals surface area contributed by atoms with Gasteiger partial charge in [0.2, 0.25) is 0 Å². The van der Waals surface area contributed by atoms with Crippen molar-refractivity contribution in [1.82, 2.24) is 0 Å². The Hall–Kier alpha value is -0.370. The van der Waals surface area contributed by atoms with Crippen molar-refractivity contribution in [3.8, 4) is 0 Å². The van der Waals surface area contributed by atoms with E-state index < -0.39 is 0 Å². The Bertz CT molecular complexity index is 172. The molecule has 3 atom stereocenters. The topological polar surface area (TPSA) is 26.3 Å². The monoisotopic (exact) mass is 168 g/mol. The van der Waals surface area contributed by atoms with E-state index >= 15 is 0 Å². The van der Waals surface area contributed by atoms with Gasteiger partial charge >= 0.3 is 0 Å². The van der Waals surface area contributed by atoms with Crippen LogP contribution in [-0.4, -0.2) is 18.5 Å². The summed E-state index contributed by atoms with van der Waals surface area (Å²) in [5.41, 5.74) is 0. The molecule has 68 valence electrons. The summed E-state index contributed by atoms with van der Waals surface area (Å²) in [4.78, 5) is 11.1. The molecule has 0 radical (unpaired) electrons. The van der Waals surface area contributed by atoms with Crippen molar-refractivity contribution < 1.29 is 9.53 Å². The van der Waals surface area contributed by atoms with Gasteiger partial charge in [0, 0.05) is 19.4 Å². The molecule has 2 saturated carbocycles. The Morgan fingerprint density at radius 3 is 2.42 bits per heavy atom. The molecule has 2 nitrogen and oxygen atoms in total. The molecule has 2 fully saturated rings. The van der Waals surface area contributed by atoms with Crippen LogP contribution in [0.2, 0.25) is 0 Å². The van der Waals surface area contributed by atoms with Gasteiger partial charge in [0.1, 0.15) is 5.78 Å². The molecule has 0 bridgehead atoms. The molecular formula is C10H16O2. The summed E-state index contributed by atoms with van der Waals surface area (Å²) in [5, 5.41) is 0. The third-order valence-corrected chi connectivity index (χ3v) is 3.18. The lowest BCUT2D eigenvalue weighted by atomic mass is 10.0. The third-order valence-electron chi connectivity index (χ3n) is 3.18. The van der Waals surface area contributed by atoms with Gasteiger partial charge in [0.25, 0.3) is 0 Å². The number of hydrogen-bond acceptors (Lipinski definition) is 2.